The lowest BCUT2D eigenvalue weighted by Gasteiger charge is -2.03. The first kappa shape index (κ1) is 13.0. The van der Waals surface area contributed by atoms with Crippen molar-refractivity contribution in [3.63, 3.8) is 0 Å². The van der Waals surface area contributed by atoms with E-state index in [1.165, 1.54) is 11.8 Å². The molecule has 18 heavy (non-hydrogen) atoms. The average molecular weight is 282 g/mol. The summed E-state index contributed by atoms with van der Waals surface area (Å²) in [5.74, 6) is -0.124. The van der Waals surface area contributed by atoms with Crippen LogP contribution in [0.5, 0.6) is 0 Å². The van der Waals surface area contributed by atoms with E-state index in [2.05, 4.69) is 10.3 Å². The van der Waals surface area contributed by atoms with Crippen molar-refractivity contribution in [2.24, 2.45) is 4.99 Å². The van der Waals surface area contributed by atoms with Crippen LogP contribution >= 0.6 is 23.4 Å². The third-order valence-electron chi connectivity index (χ3n) is 2.08. The number of nitrogens with one attached hydrogen (secondary N) is 1. The highest BCUT2D eigenvalue weighted by Crippen LogP contribution is 2.26. The summed E-state index contributed by atoms with van der Waals surface area (Å²) in [7, 11) is 3.74. The van der Waals surface area contributed by atoms with E-state index in [9.17, 15) is 4.79 Å². The van der Waals surface area contributed by atoms with Crippen molar-refractivity contribution >= 4 is 40.1 Å². The molecule has 6 heteroatoms. The number of amides is 1. The minimum Gasteiger partial charge on any atom is -0.382 e. The summed E-state index contributed by atoms with van der Waals surface area (Å²) in [5.41, 5.74) is 0.758. The number of rotatable bonds is 2. The van der Waals surface area contributed by atoms with Gasteiger partial charge in [0.2, 0.25) is 0 Å². The molecule has 0 bridgehead atoms. The van der Waals surface area contributed by atoms with Gasteiger partial charge in [-0.25, -0.2) is 4.99 Å². The van der Waals surface area contributed by atoms with E-state index in [4.69, 9.17) is 11.6 Å². The third kappa shape index (κ3) is 3.27. The zero-order chi connectivity index (χ0) is 13.1. The number of amidine groups is 1. The Bertz CT molecular complexity index is 523. The first-order valence-corrected chi connectivity index (χ1v) is 6.46. The maximum Gasteiger partial charge on any atom is 0.265 e. The quantitative estimate of drug-likeness (QED) is 0.848. The van der Waals surface area contributed by atoms with E-state index in [-0.39, 0.29) is 5.91 Å². The maximum absolute atomic E-state index is 11.6. The molecule has 0 radical (unpaired) electrons. The van der Waals surface area contributed by atoms with Gasteiger partial charge in [-0.15, -0.1) is 0 Å². The number of thioether (sulfide) groups is 1. The second-order valence-corrected chi connectivity index (χ2v) is 5.37. The molecule has 1 amide bonds. The van der Waals surface area contributed by atoms with Crippen LogP contribution < -0.4 is 5.32 Å². The van der Waals surface area contributed by atoms with Crippen LogP contribution in [0.4, 0.5) is 5.69 Å². The lowest BCUT2D eigenvalue weighted by molar-refractivity contribution is -0.115. The molecule has 4 nitrogen and oxygen atoms in total. The molecule has 1 N–H and O–H groups in total. The standard InChI is InChI=1S/C12H12ClN3OS/c1-16(2)7-10-11(17)15-12(18-10)14-9-5-3-8(13)4-6-9/h3-7H,1-2H3,(H,14,15,17)/b10-7-. The van der Waals surface area contributed by atoms with Gasteiger partial charge in [-0.1, -0.05) is 11.6 Å². The summed E-state index contributed by atoms with van der Waals surface area (Å²) in [4.78, 5) is 18.4. The van der Waals surface area contributed by atoms with Crippen molar-refractivity contribution in [3.05, 3.63) is 40.4 Å². The molecule has 2 rings (SSSR count). The Morgan fingerprint density at radius 3 is 2.61 bits per heavy atom. The zero-order valence-corrected chi connectivity index (χ0v) is 11.5. The van der Waals surface area contributed by atoms with Gasteiger partial charge in [0.05, 0.1) is 10.6 Å². The van der Waals surface area contributed by atoms with E-state index in [1.54, 1.807) is 30.5 Å². The lowest BCUT2D eigenvalue weighted by atomic mass is 10.3. The fraction of sp³-hybridized carbons (Fsp3) is 0.167. The highest BCUT2D eigenvalue weighted by atomic mass is 35.5. The molecule has 0 spiro atoms. The van der Waals surface area contributed by atoms with E-state index in [1.807, 2.05) is 19.0 Å². The van der Waals surface area contributed by atoms with Gasteiger partial charge in [0, 0.05) is 25.3 Å². The Labute approximate surface area is 115 Å². The minimum absolute atomic E-state index is 0.124. The molecule has 1 aromatic rings. The molecule has 1 saturated heterocycles. The summed E-state index contributed by atoms with van der Waals surface area (Å²) in [6, 6.07) is 7.13. The number of hydrogen-bond donors (Lipinski definition) is 1. The fourth-order valence-corrected chi connectivity index (χ4v) is 2.37. The van der Waals surface area contributed by atoms with Crippen molar-refractivity contribution < 1.29 is 4.79 Å². The van der Waals surface area contributed by atoms with E-state index in [0.717, 1.165) is 5.69 Å². The summed E-state index contributed by atoms with van der Waals surface area (Å²) < 4.78 is 0. The molecule has 1 aliphatic rings. The van der Waals surface area contributed by atoms with Crippen LogP contribution in [0.2, 0.25) is 5.02 Å². The molecule has 0 saturated carbocycles. The van der Waals surface area contributed by atoms with E-state index >= 15 is 0 Å². The SMILES string of the molecule is CN(C)/C=C1\SC(=Nc2ccc(Cl)cc2)NC1=O. The molecule has 0 aromatic heterocycles. The Morgan fingerprint density at radius 1 is 1.33 bits per heavy atom. The highest BCUT2D eigenvalue weighted by Gasteiger charge is 2.23. The molecular weight excluding hydrogens is 270 g/mol. The van der Waals surface area contributed by atoms with Gasteiger partial charge in [-0.05, 0) is 36.0 Å². The Morgan fingerprint density at radius 2 is 2.00 bits per heavy atom. The molecule has 0 atom stereocenters. The first-order chi connectivity index (χ1) is 8.54. The second-order valence-electron chi connectivity index (χ2n) is 3.91. The molecule has 1 aromatic carbocycles. The molecule has 0 unspecified atom stereocenters. The predicted octanol–water partition coefficient (Wildman–Crippen LogP) is 2.59. The molecule has 94 valence electrons. The third-order valence-corrected chi connectivity index (χ3v) is 3.23. The Kier molecular flexibility index (Phi) is 3.93. The summed E-state index contributed by atoms with van der Waals surface area (Å²) >= 11 is 7.12. The summed E-state index contributed by atoms with van der Waals surface area (Å²) in [5, 5.41) is 3.96. The largest absolute Gasteiger partial charge is 0.382 e. The number of halogens is 1. The second kappa shape index (κ2) is 5.46. The summed E-state index contributed by atoms with van der Waals surface area (Å²) in [6.45, 7) is 0. The Balaban J connectivity index is 2.17. The van der Waals surface area contributed by atoms with Gasteiger partial charge in [0.25, 0.3) is 5.91 Å². The normalized spacial score (nSPS) is 19.4. The van der Waals surface area contributed by atoms with Crippen LogP contribution in [-0.2, 0) is 4.79 Å². The lowest BCUT2D eigenvalue weighted by Crippen LogP contribution is -2.20. The molecule has 0 aliphatic carbocycles. The van der Waals surface area contributed by atoms with Crippen LogP contribution in [-0.4, -0.2) is 30.1 Å². The van der Waals surface area contributed by atoms with Gasteiger partial charge in [0.1, 0.15) is 0 Å². The van der Waals surface area contributed by atoms with Crippen molar-refractivity contribution in [2.75, 3.05) is 14.1 Å². The van der Waals surface area contributed by atoms with Crippen LogP contribution in [0.25, 0.3) is 0 Å². The topological polar surface area (TPSA) is 44.7 Å². The van der Waals surface area contributed by atoms with Gasteiger partial charge in [-0.2, -0.15) is 0 Å². The molecule has 1 aliphatic heterocycles. The number of benzene rings is 1. The monoisotopic (exact) mass is 281 g/mol. The number of hydrogen-bond acceptors (Lipinski definition) is 4. The molecule has 1 fully saturated rings. The van der Waals surface area contributed by atoms with Crippen molar-refractivity contribution in [2.45, 2.75) is 0 Å². The van der Waals surface area contributed by atoms with Crippen LogP contribution in [0.15, 0.2) is 40.4 Å². The van der Waals surface area contributed by atoms with Crippen LogP contribution in [0, 0.1) is 0 Å². The van der Waals surface area contributed by atoms with Crippen LogP contribution in [0.1, 0.15) is 0 Å². The number of carbonyl (C=O) groups is 1. The maximum atomic E-state index is 11.6. The van der Waals surface area contributed by atoms with Crippen molar-refractivity contribution in [3.8, 4) is 0 Å². The van der Waals surface area contributed by atoms with E-state index in [0.29, 0.717) is 15.1 Å². The smallest absolute Gasteiger partial charge is 0.265 e. The van der Waals surface area contributed by atoms with Gasteiger partial charge in [0.15, 0.2) is 5.17 Å². The van der Waals surface area contributed by atoms with Crippen molar-refractivity contribution in [1.29, 1.82) is 0 Å². The minimum atomic E-state index is -0.124. The number of aliphatic imine (C=N–C) groups is 1. The number of carbonyl (C=O) groups excluding carboxylic acids is 1. The summed E-state index contributed by atoms with van der Waals surface area (Å²) in [6.07, 6.45) is 1.77. The average Bonchev–Trinajstić information content (AvgIpc) is 2.62. The number of nitrogens with zero attached hydrogens (tertiary/aromatic N) is 2. The van der Waals surface area contributed by atoms with Gasteiger partial charge in [-0.3, -0.25) is 4.79 Å². The first-order valence-electron chi connectivity index (χ1n) is 5.26. The van der Waals surface area contributed by atoms with Gasteiger partial charge >= 0.3 is 0 Å². The van der Waals surface area contributed by atoms with Crippen LogP contribution in [0.3, 0.4) is 0 Å². The molecule has 1 heterocycles. The van der Waals surface area contributed by atoms with E-state index < -0.39 is 0 Å². The highest BCUT2D eigenvalue weighted by molar-refractivity contribution is 8.18. The Hall–Kier alpha value is -1.46. The van der Waals surface area contributed by atoms with Gasteiger partial charge < -0.3 is 10.2 Å². The molecular formula is C12H12ClN3OS. The fourth-order valence-electron chi connectivity index (χ4n) is 1.34. The van der Waals surface area contributed by atoms with Crippen molar-refractivity contribution in [1.82, 2.24) is 10.2 Å². The predicted molar refractivity (Wildman–Crippen MR) is 76.1 cm³/mol. The zero-order valence-electron chi connectivity index (χ0n) is 9.98.